The van der Waals surface area contributed by atoms with E-state index in [0.29, 0.717) is 17.9 Å². The van der Waals surface area contributed by atoms with Crippen LogP contribution < -0.4 is 4.74 Å². The highest BCUT2D eigenvalue weighted by atomic mass is 19.2. The van der Waals surface area contributed by atoms with Crippen LogP contribution in [0.3, 0.4) is 0 Å². The first-order valence-electron chi connectivity index (χ1n) is 11.0. The lowest BCUT2D eigenvalue weighted by molar-refractivity contribution is -0.144. The van der Waals surface area contributed by atoms with Gasteiger partial charge in [-0.05, 0) is 30.2 Å². The van der Waals surface area contributed by atoms with Crippen molar-refractivity contribution in [2.24, 2.45) is 0 Å². The Morgan fingerprint density at radius 3 is 2.16 bits per heavy atom. The predicted molar refractivity (Wildman–Crippen MR) is 118 cm³/mol. The normalized spacial score (nSPS) is 10.6. The highest BCUT2D eigenvalue weighted by Crippen LogP contribution is 2.28. The molecule has 0 aliphatic rings. The number of hydrogen-bond acceptors (Lipinski definition) is 5. The number of carbonyl (C=O) groups excluding carboxylic acids is 2. The summed E-state index contributed by atoms with van der Waals surface area (Å²) in [5.41, 5.74) is -0.0266. The Balaban J connectivity index is 1.94. The third-order valence-corrected chi connectivity index (χ3v) is 4.85. The molecular weight excluding hydrogens is 418 g/mol. The third-order valence-electron chi connectivity index (χ3n) is 4.85. The first kappa shape index (κ1) is 25.3. The minimum atomic E-state index is -1.29. The quantitative estimate of drug-likeness (QED) is 0.274. The number of rotatable bonds is 13. The zero-order valence-corrected chi connectivity index (χ0v) is 18.6. The predicted octanol–water partition coefficient (Wildman–Crippen LogP) is 6.09. The van der Waals surface area contributed by atoms with Crippen molar-refractivity contribution in [3.05, 3.63) is 53.6 Å². The van der Waals surface area contributed by atoms with Gasteiger partial charge in [-0.3, -0.25) is 4.79 Å². The molecule has 0 bridgehead atoms. The van der Waals surface area contributed by atoms with Gasteiger partial charge >= 0.3 is 11.9 Å². The molecule has 0 aliphatic carbocycles. The lowest BCUT2D eigenvalue weighted by Crippen LogP contribution is -2.15. The number of carbonyl (C=O) groups is 2. The molecule has 32 heavy (non-hydrogen) atoms. The molecule has 0 radical (unpaired) electrons. The van der Waals surface area contributed by atoms with Gasteiger partial charge in [0.2, 0.25) is 0 Å². The summed E-state index contributed by atoms with van der Waals surface area (Å²) in [5, 5.41) is 0. The average molecular weight is 449 g/mol. The summed E-state index contributed by atoms with van der Waals surface area (Å²) in [6, 6.07) is 9.20. The van der Waals surface area contributed by atoms with Crippen LogP contribution in [-0.2, 0) is 14.3 Å². The number of hydrogen-bond donors (Lipinski definition) is 0. The molecule has 0 aliphatic heterocycles. The second-order valence-electron chi connectivity index (χ2n) is 7.29. The summed E-state index contributed by atoms with van der Waals surface area (Å²) in [6.45, 7) is 4.02. The summed E-state index contributed by atoms with van der Waals surface area (Å²) in [6.07, 6.45) is 5.90. The molecule has 0 fully saturated rings. The summed E-state index contributed by atoms with van der Waals surface area (Å²) >= 11 is 0. The maximum atomic E-state index is 14.6. The molecule has 0 unspecified atom stereocenters. The molecule has 2 aromatic rings. The van der Waals surface area contributed by atoms with E-state index in [1.54, 1.807) is 31.2 Å². The standard InChI is InChI=1S/C25H30F2O5/c1-3-5-6-7-8-15-30-19-11-9-18(10-12-19)20-13-14-21(24(27)23(20)26)25(29)32-17-16-31-22(28)4-2/h9-14H,3-8,15-17H2,1-2H3. The van der Waals surface area contributed by atoms with Crippen LogP contribution in [0.2, 0.25) is 0 Å². The number of unbranched alkanes of at least 4 members (excludes halogenated alkanes) is 4. The van der Waals surface area contributed by atoms with Crippen LogP contribution >= 0.6 is 0 Å². The Bertz CT molecular complexity index is 881. The SMILES string of the molecule is CCCCCCCOc1ccc(-c2ccc(C(=O)OCCOC(=O)CC)c(F)c2F)cc1. The molecule has 0 amide bonds. The van der Waals surface area contributed by atoms with E-state index in [2.05, 4.69) is 6.92 Å². The molecule has 0 N–H and O–H groups in total. The zero-order chi connectivity index (χ0) is 23.3. The second kappa shape index (κ2) is 13.5. The van der Waals surface area contributed by atoms with Crippen LogP contribution in [0.4, 0.5) is 8.78 Å². The van der Waals surface area contributed by atoms with E-state index < -0.39 is 29.1 Å². The summed E-state index contributed by atoms with van der Waals surface area (Å²) < 4.78 is 44.4. The molecule has 0 heterocycles. The fourth-order valence-corrected chi connectivity index (χ4v) is 3.03. The number of ether oxygens (including phenoxy) is 3. The first-order valence-corrected chi connectivity index (χ1v) is 11.0. The Hall–Kier alpha value is -2.96. The minimum absolute atomic E-state index is 0.0297. The molecule has 2 rings (SSSR count). The highest BCUT2D eigenvalue weighted by molar-refractivity contribution is 5.90. The molecule has 0 spiro atoms. The monoisotopic (exact) mass is 448 g/mol. The Labute approximate surface area is 187 Å². The minimum Gasteiger partial charge on any atom is -0.494 e. The lowest BCUT2D eigenvalue weighted by Gasteiger charge is -2.10. The van der Waals surface area contributed by atoms with E-state index in [4.69, 9.17) is 14.2 Å². The second-order valence-corrected chi connectivity index (χ2v) is 7.29. The van der Waals surface area contributed by atoms with Crippen LogP contribution in [0.1, 0.15) is 62.7 Å². The van der Waals surface area contributed by atoms with Crippen LogP contribution in [0.5, 0.6) is 5.75 Å². The fraction of sp³-hybridized carbons (Fsp3) is 0.440. The van der Waals surface area contributed by atoms with Gasteiger partial charge in [0.15, 0.2) is 11.6 Å². The van der Waals surface area contributed by atoms with Gasteiger partial charge in [-0.1, -0.05) is 57.7 Å². The molecule has 2 aromatic carbocycles. The highest BCUT2D eigenvalue weighted by Gasteiger charge is 2.20. The van der Waals surface area contributed by atoms with Gasteiger partial charge in [0.1, 0.15) is 19.0 Å². The van der Waals surface area contributed by atoms with Gasteiger partial charge in [-0.15, -0.1) is 0 Å². The smallest absolute Gasteiger partial charge is 0.341 e. The van der Waals surface area contributed by atoms with E-state index >= 15 is 0 Å². The third kappa shape index (κ3) is 7.62. The first-order chi connectivity index (χ1) is 15.5. The molecular formula is C25H30F2O5. The summed E-state index contributed by atoms with van der Waals surface area (Å²) in [7, 11) is 0. The molecule has 5 nitrogen and oxygen atoms in total. The van der Waals surface area contributed by atoms with Crippen molar-refractivity contribution in [3.8, 4) is 16.9 Å². The maximum Gasteiger partial charge on any atom is 0.341 e. The van der Waals surface area contributed by atoms with Gasteiger partial charge in [0.05, 0.1) is 12.2 Å². The van der Waals surface area contributed by atoms with Crippen molar-refractivity contribution in [2.45, 2.75) is 52.4 Å². The van der Waals surface area contributed by atoms with E-state index in [1.807, 2.05) is 0 Å². The van der Waals surface area contributed by atoms with Crippen LogP contribution in [-0.4, -0.2) is 31.8 Å². The number of halogens is 2. The van der Waals surface area contributed by atoms with E-state index in [-0.39, 0.29) is 25.2 Å². The van der Waals surface area contributed by atoms with Crippen molar-refractivity contribution < 1.29 is 32.6 Å². The number of benzene rings is 2. The largest absolute Gasteiger partial charge is 0.494 e. The van der Waals surface area contributed by atoms with Gasteiger partial charge in [-0.2, -0.15) is 0 Å². The van der Waals surface area contributed by atoms with Gasteiger partial charge in [0, 0.05) is 12.0 Å². The molecule has 0 saturated carbocycles. The van der Waals surface area contributed by atoms with Crippen LogP contribution in [0.15, 0.2) is 36.4 Å². The van der Waals surface area contributed by atoms with Crippen molar-refractivity contribution in [2.75, 3.05) is 19.8 Å². The Morgan fingerprint density at radius 1 is 0.781 bits per heavy atom. The molecule has 0 saturated heterocycles. The van der Waals surface area contributed by atoms with Gasteiger partial charge < -0.3 is 14.2 Å². The molecule has 174 valence electrons. The van der Waals surface area contributed by atoms with Crippen molar-refractivity contribution >= 4 is 11.9 Å². The van der Waals surface area contributed by atoms with Crippen LogP contribution in [0.25, 0.3) is 11.1 Å². The topological polar surface area (TPSA) is 61.8 Å². The molecule has 0 atom stereocenters. The Morgan fingerprint density at radius 2 is 1.47 bits per heavy atom. The summed E-state index contributed by atoms with van der Waals surface area (Å²) in [5.74, 6) is -3.23. The maximum absolute atomic E-state index is 14.6. The lowest BCUT2D eigenvalue weighted by atomic mass is 10.0. The van der Waals surface area contributed by atoms with E-state index in [1.165, 1.54) is 31.4 Å². The van der Waals surface area contributed by atoms with Gasteiger partial charge in [0.25, 0.3) is 0 Å². The fourth-order valence-electron chi connectivity index (χ4n) is 3.03. The molecule has 7 heteroatoms. The number of esters is 2. The van der Waals surface area contributed by atoms with Crippen molar-refractivity contribution in [1.29, 1.82) is 0 Å². The average Bonchev–Trinajstić information content (AvgIpc) is 2.81. The van der Waals surface area contributed by atoms with Crippen molar-refractivity contribution in [3.63, 3.8) is 0 Å². The van der Waals surface area contributed by atoms with E-state index in [0.717, 1.165) is 12.8 Å². The van der Waals surface area contributed by atoms with Gasteiger partial charge in [-0.25, -0.2) is 13.6 Å². The zero-order valence-electron chi connectivity index (χ0n) is 18.6. The van der Waals surface area contributed by atoms with Crippen molar-refractivity contribution in [1.82, 2.24) is 0 Å². The van der Waals surface area contributed by atoms with Crippen LogP contribution in [0, 0.1) is 11.6 Å². The molecule has 0 aromatic heterocycles. The Kier molecular flexibility index (Phi) is 10.6. The summed E-state index contributed by atoms with van der Waals surface area (Å²) in [4.78, 5) is 23.1. The van der Waals surface area contributed by atoms with E-state index in [9.17, 15) is 18.4 Å².